The zero-order valence-electron chi connectivity index (χ0n) is 11.6. The van der Waals surface area contributed by atoms with Gasteiger partial charge in [0.15, 0.2) is 0 Å². The van der Waals surface area contributed by atoms with E-state index in [9.17, 15) is 9.90 Å². The largest absolute Gasteiger partial charge is 0.507 e. The van der Waals surface area contributed by atoms with Crippen LogP contribution in [0.15, 0.2) is 42.5 Å². The van der Waals surface area contributed by atoms with E-state index in [1.807, 2.05) is 12.1 Å². The van der Waals surface area contributed by atoms with E-state index in [1.165, 1.54) is 17.3 Å². The molecule has 1 aliphatic heterocycles. The highest BCUT2D eigenvalue weighted by Gasteiger charge is 2.17. The Morgan fingerprint density at radius 3 is 2.81 bits per heavy atom. The van der Waals surface area contributed by atoms with Crippen LogP contribution in [0.4, 0.5) is 5.69 Å². The van der Waals surface area contributed by atoms with Crippen LogP contribution in [-0.2, 0) is 13.0 Å². The molecule has 2 N–H and O–H groups in total. The molecule has 4 nitrogen and oxygen atoms in total. The van der Waals surface area contributed by atoms with Crippen molar-refractivity contribution < 1.29 is 15.0 Å². The van der Waals surface area contributed by atoms with E-state index in [-0.39, 0.29) is 11.3 Å². The second kappa shape index (κ2) is 5.48. The molecule has 108 valence electrons. The molecule has 2 aromatic rings. The lowest BCUT2D eigenvalue weighted by Crippen LogP contribution is -2.28. The minimum atomic E-state index is -1.10. The summed E-state index contributed by atoms with van der Waals surface area (Å²) in [7, 11) is 0. The molecule has 3 rings (SSSR count). The SMILES string of the molecule is O=C(O)c1cc(CN2CCCc3ccccc32)ccc1O. The van der Waals surface area contributed by atoms with Crippen LogP contribution >= 0.6 is 0 Å². The first-order valence-electron chi connectivity index (χ1n) is 7.03. The summed E-state index contributed by atoms with van der Waals surface area (Å²) in [4.78, 5) is 13.4. The Bertz CT molecular complexity index is 681. The van der Waals surface area contributed by atoms with Gasteiger partial charge in [0.05, 0.1) is 0 Å². The van der Waals surface area contributed by atoms with Crippen LogP contribution in [0, 0.1) is 0 Å². The van der Waals surface area contributed by atoms with Gasteiger partial charge in [0.2, 0.25) is 0 Å². The highest BCUT2D eigenvalue weighted by atomic mass is 16.4. The van der Waals surface area contributed by atoms with Crippen LogP contribution in [0.25, 0.3) is 0 Å². The Labute approximate surface area is 123 Å². The molecular formula is C17H17NO3. The number of hydrogen-bond acceptors (Lipinski definition) is 3. The van der Waals surface area contributed by atoms with Crippen LogP contribution < -0.4 is 4.90 Å². The number of para-hydroxylation sites is 1. The van der Waals surface area contributed by atoms with Gasteiger partial charge in [-0.25, -0.2) is 4.79 Å². The number of carbonyl (C=O) groups is 1. The standard InChI is InChI=1S/C17H17NO3/c19-16-8-7-12(10-14(16)17(20)21)11-18-9-3-5-13-4-1-2-6-15(13)18/h1-2,4,6-8,10,19H,3,5,9,11H2,(H,20,21). The highest BCUT2D eigenvalue weighted by molar-refractivity contribution is 5.90. The minimum absolute atomic E-state index is 0.0437. The second-order valence-electron chi connectivity index (χ2n) is 5.31. The molecule has 21 heavy (non-hydrogen) atoms. The summed E-state index contributed by atoms with van der Waals surface area (Å²) in [6, 6.07) is 13.1. The molecule has 0 bridgehead atoms. The third kappa shape index (κ3) is 2.70. The molecule has 4 heteroatoms. The van der Waals surface area contributed by atoms with Gasteiger partial charge in [-0.05, 0) is 42.2 Å². The predicted molar refractivity (Wildman–Crippen MR) is 80.9 cm³/mol. The lowest BCUT2D eigenvalue weighted by molar-refractivity contribution is 0.0693. The summed E-state index contributed by atoms with van der Waals surface area (Å²) < 4.78 is 0. The molecule has 0 aromatic heterocycles. The first-order valence-corrected chi connectivity index (χ1v) is 7.03. The van der Waals surface area contributed by atoms with Gasteiger partial charge in [-0.15, -0.1) is 0 Å². The molecule has 1 heterocycles. The van der Waals surface area contributed by atoms with E-state index in [0.29, 0.717) is 6.54 Å². The number of fused-ring (bicyclic) bond motifs is 1. The Kier molecular flexibility index (Phi) is 3.52. The Morgan fingerprint density at radius 1 is 1.19 bits per heavy atom. The quantitative estimate of drug-likeness (QED) is 0.909. The first kappa shape index (κ1) is 13.5. The molecular weight excluding hydrogens is 266 g/mol. The van der Waals surface area contributed by atoms with Gasteiger partial charge in [0.1, 0.15) is 11.3 Å². The average Bonchev–Trinajstić information content (AvgIpc) is 2.49. The highest BCUT2D eigenvalue weighted by Crippen LogP contribution is 2.29. The fourth-order valence-corrected chi connectivity index (χ4v) is 2.85. The zero-order chi connectivity index (χ0) is 14.8. The summed E-state index contributed by atoms with van der Waals surface area (Å²) in [5.74, 6) is -1.29. The van der Waals surface area contributed by atoms with Gasteiger partial charge in [-0.1, -0.05) is 24.3 Å². The number of carboxylic acid groups (broad SMARTS) is 1. The lowest BCUT2D eigenvalue weighted by atomic mass is 10.0. The van der Waals surface area contributed by atoms with Crippen LogP contribution in [0.2, 0.25) is 0 Å². The first-order chi connectivity index (χ1) is 10.1. The normalized spacial score (nSPS) is 13.8. The number of aromatic hydroxyl groups is 1. The number of phenols is 1. The molecule has 0 radical (unpaired) electrons. The van der Waals surface area contributed by atoms with Crippen LogP contribution in [0.1, 0.15) is 27.9 Å². The molecule has 2 aromatic carbocycles. The van der Waals surface area contributed by atoms with E-state index >= 15 is 0 Å². The van der Waals surface area contributed by atoms with Gasteiger partial charge in [-0.2, -0.15) is 0 Å². The molecule has 0 amide bonds. The monoisotopic (exact) mass is 283 g/mol. The van der Waals surface area contributed by atoms with E-state index < -0.39 is 5.97 Å². The van der Waals surface area contributed by atoms with E-state index in [2.05, 4.69) is 17.0 Å². The van der Waals surface area contributed by atoms with Gasteiger partial charge in [0.25, 0.3) is 0 Å². The maximum Gasteiger partial charge on any atom is 0.339 e. The molecule has 0 atom stereocenters. The summed E-state index contributed by atoms with van der Waals surface area (Å²) in [5.41, 5.74) is 3.40. The third-order valence-corrected chi connectivity index (χ3v) is 3.87. The molecule has 0 saturated heterocycles. The van der Waals surface area contributed by atoms with Crippen molar-refractivity contribution in [1.29, 1.82) is 0 Å². The Morgan fingerprint density at radius 2 is 2.00 bits per heavy atom. The smallest absolute Gasteiger partial charge is 0.339 e. The number of benzene rings is 2. The summed E-state index contributed by atoms with van der Waals surface area (Å²) >= 11 is 0. The number of anilines is 1. The van der Waals surface area contributed by atoms with Crippen molar-refractivity contribution in [3.8, 4) is 5.75 Å². The van der Waals surface area contributed by atoms with Crippen molar-refractivity contribution in [1.82, 2.24) is 0 Å². The minimum Gasteiger partial charge on any atom is -0.507 e. The maximum absolute atomic E-state index is 11.1. The Hall–Kier alpha value is -2.49. The Balaban J connectivity index is 1.88. The number of hydrogen-bond donors (Lipinski definition) is 2. The van der Waals surface area contributed by atoms with Crippen LogP contribution in [-0.4, -0.2) is 22.7 Å². The number of aryl methyl sites for hydroxylation is 1. The van der Waals surface area contributed by atoms with E-state index in [4.69, 9.17) is 5.11 Å². The molecule has 0 unspecified atom stereocenters. The molecule has 0 aliphatic carbocycles. The lowest BCUT2D eigenvalue weighted by Gasteiger charge is -2.31. The van der Waals surface area contributed by atoms with E-state index in [0.717, 1.165) is 24.9 Å². The average molecular weight is 283 g/mol. The van der Waals surface area contributed by atoms with Crippen molar-refractivity contribution >= 4 is 11.7 Å². The third-order valence-electron chi connectivity index (χ3n) is 3.87. The summed E-state index contributed by atoms with van der Waals surface area (Å²) in [6.07, 6.45) is 2.18. The number of nitrogens with zero attached hydrogens (tertiary/aromatic N) is 1. The van der Waals surface area contributed by atoms with Gasteiger partial charge in [0, 0.05) is 18.8 Å². The van der Waals surface area contributed by atoms with Gasteiger partial charge >= 0.3 is 5.97 Å². The van der Waals surface area contributed by atoms with Crippen LogP contribution in [0.3, 0.4) is 0 Å². The van der Waals surface area contributed by atoms with Crippen molar-refractivity contribution in [3.63, 3.8) is 0 Å². The van der Waals surface area contributed by atoms with Crippen molar-refractivity contribution in [2.75, 3.05) is 11.4 Å². The molecule has 1 aliphatic rings. The fraction of sp³-hybridized carbons (Fsp3) is 0.235. The van der Waals surface area contributed by atoms with Crippen LogP contribution in [0.5, 0.6) is 5.75 Å². The summed E-state index contributed by atoms with van der Waals surface area (Å²) in [6.45, 7) is 1.61. The molecule has 0 saturated carbocycles. The van der Waals surface area contributed by atoms with Gasteiger partial charge in [-0.3, -0.25) is 0 Å². The molecule has 0 fully saturated rings. The number of aromatic carboxylic acids is 1. The molecule has 0 spiro atoms. The topological polar surface area (TPSA) is 60.8 Å². The zero-order valence-corrected chi connectivity index (χ0v) is 11.6. The van der Waals surface area contributed by atoms with Crippen molar-refractivity contribution in [2.24, 2.45) is 0 Å². The van der Waals surface area contributed by atoms with Gasteiger partial charge < -0.3 is 15.1 Å². The second-order valence-corrected chi connectivity index (χ2v) is 5.31. The number of carboxylic acids is 1. The fourth-order valence-electron chi connectivity index (χ4n) is 2.85. The van der Waals surface area contributed by atoms with E-state index in [1.54, 1.807) is 12.1 Å². The van der Waals surface area contributed by atoms with Crippen molar-refractivity contribution in [3.05, 3.63) is 59.2 Å². The summed E-state index contributed by atoms with van der Waals surface area (Å²) in [5, 5.41) is 18.7. The van der Waals surface area contributed by atoms with Crippen molar-refractivity contribution in [2.45, 2.75) is 19.4 Å². The maximum atomic E-state index is 11.1. The number of rotatable bonds is 3. The predicted octanol–water partition coefficient (Wildman–Crippen LogP) is 3.04.